The Morgan fingerprint density at radius 1 is 1.31 bits per heavy atom. The summed E-state index contributed by atoms with van der Waals surface area (Å²) >= 11 is 10.7. The molecule has 86 valence electrons. The second-order valence-electron chi connectivity index (χ2n) is 3.48. The topological polar surface area (TPSA) is 12.0 Å². The van der Waals surface area contributed by atoms with E-state index < -0.39 is 0 Å². The van der Waals surface area contributed by atoms with Crippen molar-refractivity contribution in [2.45, 2.75) is 13.0 Å². The van der Waals surface area contributed by atoms with Crippen LogP contribution in [-0.2, 0) is 0 Å². The zero-order valence-electron chi connectivity index (χ0n) is 8.88. The van der Waals surface area contributed by atoms with Crippen LogP contribution in [0.2, 0.25) is 0 Å². The van der Waals surface area contributed by atoms with E-state index in [1.165, 1.54) is 23.6 Å². The van der Waals surface area contributed by atoms with Gasteiger partial charge in [-0.2, -0.15) is 0 Å². The van der Waals surface area contributed by atoms with Crippen molar-refractivity contribution in [1.29, 1.82) is 0 Å². The average Bonchev–Trinajstić information content (AvgIpc) is 2.76. The summed E-state index contributed by atoms with van der Waals surface area (Å²) in [5, 5.41) is 5.56. The monoisotopic (exact) mass is 379 g/mol. The van der Waals surface area contributed by atoms with E-state index >= 15 is 0 Å². The summed E-state index contributed by atoms with van der Waals surface area (Å²) in [7, 11) is 2.00. The van der Waals surface area contributed by atoms with Crippen molar-refractivity contribution < 1.29 is 0 Å². The van der Waals surface area contributed by atoms with E-state index in [0.29, 0.717) is 0 Å². The zero-order chi connectivity index (χ0) is 11.7. The largest absolute Gasteiger partial charge is 0.309 e. The molecule has 0 aliphatic rings. The zero-order valence-corrected chi connectivity index (χ0v) is 13.7. The fourth-order valence-corrected chi connectivity index (χ4v) is 4.84. The summed E-state index contributed by atoms with van der Waals surface area (Å²) in [4.78, 5) is 2.67. The Bertz CT molecular complexity index is 490. The van der Waals surface area contributed by atoms with Crippen LogP contribution in [0.3, 0.4) is 0 Å². The van der Waals surface area contributed by atoms with Gasteiger partial charge < -0.3 is 5.32 Å². The molecule has 2 aromatic heterocycles. The van der Waals surface area contributed by atoms with Gasteiger partial charge in [0.15, 0.2) is 0 Å². The van der Waals surface area contributed by atoms with Crippen molar-refractivity contribution in [3.05, 3.63) is 41.1 Å². The molecule has 1 nitrogen and oxygen atoms in total. The quantitative estimate of drug-likeness (QED) is 0.793. The summed E-state index contributed by atoms with van der Waals surface area (Å²) in [6.45, 7) is 2.13. The van der Waals surface area contributed by atoms with Gasteiger partial charge in [0, 0.05) is 14.2 Å². The smallest absolute Gasteiger partial charge is 0.0701 e. The summed E-state index contributed by atoms with van der Waals surface area (Å²) in [6, 6.07) is 4.62. The first kappa shape index (κ1) is 12.8. The lowest BCUT2D eigenvalue weighted by atomic mass is 10.1. The third kappa shape index (κ3) is 2.59. The van der Waals surface area contributed by atoms with Gasteiger partial charge in [0.1, 0.15) is 0 Å². The lowest BCUT2D eigenvalue weighted by Crippen LogP contribution is -2.16. The fraction of sp³-hybridized carbons (Fsp3) is 0.273. The Hall–Kier alpha value is 0.320. The van der Waals surface area contributed by atoms with Crippen LogP contribution < -0.4 is 5.32 Å². The molecule has 0 saturated carbocycles. The van der Waals surface area contributed by atoms with Gasteiger partial charge in [-0.3, -0.25) is 0 Å². The van der Waals surface area contributed by atoms with Crippen LogP contribution in [0, 0.1) is 6.92 Å². The summed E-state index contributed by atoms with van der Waals surface area (Å²) in [5.41, 5.74) is 1.31. The first-order valence-electron chi connectivity index (χ1n) is 4.79. The highest BCUT2D eigenvalue weighted by Gasteiger charge is 2.18. The maximum absolute atomic E-state index is 3.62. The van der Waals surface area contributed by atoms with Crippen LogP contribution >= 0.6 is 54.5 Å². The first-order chi connectivity index (χ1) is 7.61. The second-order valence-corrected chi connectivity index (χ2v) is 7.91. The highest BCUT2D eigenvalue weighted by molar-refractivity contribution is 9.11. The minimum atomic E-state index is 0.274. The normalized spacial score (nSPS) is 13.0. The summed E-state index contributed by atoms with van der Waals surface area (Å²) in [5.74, 6) is 0. The molecule has 5 heteroatoms. The molecule has 0 aliphatic heterocycles. The molecule has 2 rings (SSSR count). The molecule has 0 fully saturated rings. The molecule has 1 atom stereocenters. The lowest BCUT2D eigenvalue weighted by Gasteiger charge is -2.13. The van der Waals surface area contributed by atoms with E-state index in [4.69, 9.17) is 0 Å². The Balaban J connectivity index is 2.40. The second kappa shape index (κ2) is 5.31. The molecule has 0 spiro atoms. The molecule has 16 heavy (non-hydrogen) atoms. The lowest BCUT2D eigenvalue weighted by molar-refractivity contribution is 0.704. The van der Waals surface area contributed by atoms with Gasteiger partial charge in [0.05, 0.1) is 9.83 Å². The maximum atomic E-state index is 3.62. The molecule has 2 aromatic rings. The predicted octanol–water partition coefficient (Wildman–Crippen LogP) is 4.95. The maximum Gasteiger partial charge on any atom is 0.0701 e. The van der Waals surface area contributed by atoms with E-state index in [2.05, 4.69) is 61.6 Å². The molecule has 0 bridgehead atoms. The SMILES string of the molecule is CNC(c1csc(Br)c1)c1sc(C)cc1Br. The van der Waals surface area contributed by atoms with Crippen LogP contribution in [0.1, 0.15) is 21.4 Å². The summed E-state index contributed by atoms with van der Waals surface area (Å²) < 4.78 is 2.36. The van der Waals surface area contributed by atoms with Crippen LogP contribution in [0.25, 0.3) is 0 Å². The van der Waals surface area contributed by atoms with Gasteiger partial charge in [-0.05, 0) is 68.9 Å². The van der Waals surface area contributed by atoms with Crippen LogP contribution in [0.15, 0.2) is 25.8 Å². The number of nitrogens with one attached hydrogen (secondary N) is 1. The van der Waals surface area contributed by atoms with Crippen LogP contribution in [0.5, 0.6) is 0 Å². The van der Waals surface area contributed by atoms with Crippen molar-refractivity contribution >= 4 is 54.5 Å². The number of aryl methyl sites for hydroxylation is 1. The van der Waals surface area contributed by atoms with Gasteiger partial charge in [-0.15, -0.1) is 22.7 Å². The molecule has 0 saturated heterocycles. The highest BCUT2D eigenvalue weighted by atomic mass is 79.9. The van der Waals surface area contributed by atoms with Crippen molar-refractivity contribution in [2.75, 3.05) is 7.05 Å². The average molecular weight is 381 g/mol. The Morgan fingerprint density at radius 2 is 2.06 bits per heavy atom. The van der Waals surface area contributed by atoms with Gasteiger partial charge >= 0.3 is 0 Å². The third-order valence-electron chi connectivity index (χ3n) is 2.31. The first-order valence-corrected chi connectivity index (χ1v) is 8.07. The van der Waals surface area contributed by atoms with E-state index in [9.17, 15) is 0 Å². The molecule has 2 heterocycles. The van der Waals surface area contributed by atoms with Crippen molar-refractivity contribution in [2.24, 2.45) is 0 Å². The highest BCUT2D eigenvalue weighted by Crippen LogP contribution is 2.37. The van der Waals surface area contributed by atoms with E-state index in [1.807, 2.05) is 18.4 Å². The Labute approximate surface area is 120 Å². The minimum Gasteiger partial charge on any atom is -0.309 e. The molecule has 1 unspecified atom stereocenters. The van der Waals surface area contributed by atoms with Crippen molar-refractivity contribution in [3.8, 4) is 0 Å². The van der Waals surface area contributed by atoms with E-state index in [1.54, 1.807) is 11.3 Å². The third-order valence-corrected chi connectivity index (χ3v) is 5.86. The summed E-state index contributed by atoms with van der Waals surface area (Å²) in [6.07, 6.45) is 0. The molecular weight excluding hydrogens is 370 g/mol. The van der Waals surface area contributed by atoms with Gasteiger partial charge in [0.2, 0.25) is 0 Å². The minimum absolute atomic E-state index is 0.274. The Morgan fingerprint density at radius 3 is 2.50 bits per heavy atom. The molecular formula is C11H11Br2NS2. The molecule has 0 radical (unpaired) electrons. The number of halogens is 2. The molecule has 0 amide bonds. The number of thiophene rings is 2. The number of rotatable bonds is 3. The number of hydrogen-bond acceptors (Lipinski definition) is 3. The van der Waals surface area contributed by atoms with Crippen LogP contribution in [0.4, 0.5) is 0 Å². The molecule has 1 N–H and O–H groups in total. The molecule has 0 aliphatic carbocycles. The predicted molar refractivity (Wildman–Crippen MR) is 79.7 cm³/mol. The van der Waals surface area contributed by atoms with Crippen molar-refractivity contribution in [1.82, 2.24) is 5.32 Å². The van der Waals surface area contributed by atoms with Crippen molar-refractivity contribution in [3.63, 3.8) is 0 Å². The standard InChI is InChI=1S/C11H11Br2NS2/c1-6-3-8(12)11(16-6)10(14-2)7-4-9(13)15-5-7/h3-5,10,14H,1-2H3. The van der Waals surface area contributed by atoms with E-state index in [0.717, 1.165) is 0 Å². The van der Waals surface area contributed by atoms with E-state index in [-0.39, 0.29) is 6.04 Å². The number of hydrogen-bond donors (Lipinski definition) is 1. The van der Waals surface area contributed by atoms with Gasteiger partial charge in [-0.1, -0.05) is 0 Å². The van der Waals surface area contributed by atoms with Gasteiger partial charge in [-0.25, -0.2) is 0 Å². The molecule has 0 aromatic carbocycles. The van der Waals surface area contributed by atoms with Crippen LogP contribution in [-0.4, -0.2) is 7.05 Å². The Kier molecular flexibility index (Phi) is 4.24. The fourth-order valence-electron chi connectivity index (χ4n) is 1.62. The van der Waals surface area contributed by atoms with Gasteiger partial charge in [0.25, 0.3) is 0 Å².